The summed E-state index contributed by atoms with van der Waals surface area (Å²) in [6.45, 7) is 3.79. The van der Waals surface area contributed by atoms with Gasteiger partial charge in [-0.3, -0.25) is 9.36 Å². The summed E-state index contributed by atoms with van der Waals surface area (Å²) in [5.74, 6) is 1.56. The van der Waals surface area contributed by atoms with Crippen molar-refractivity contribution in [2.45, 2.75) is 19.0 Å². The smallest absolute Gasteiger partial charge is 0.250 e. The Morgan fingerprint density at radius 2 is 1.76 bits per heavy atom. The van der Waals surface area contributed by atoms with Crippen LogP contribution in [0.25, 0.3) is 17.1 Å². The molecule has 4 aromatic rings. The number of phenols is 1. The van der Waals surface area contributed by atoms with Gasteiger partial charge in [0.25, 0.3) is 5.91 Å². The molecule has 0 saturated carbocycles. The topological polar surface area (TPSA) is 111 Å². The average molecular weight is 518 g/mol. The summed E-state index contributed by atoms with van der Waals surface area (Å²) in [6.07, 6.45) is 0. The first kappa shape index (κ1) is 25.8. The van der Waals surface area contributed by atoms with Crippen LogP contribution in [0.3, 0.4) is 0 Å². The van der Waals surface area contributed by atoms with E-state index >= 15 is 0 Å². The van der Waals surface area contributed by atoms with Gasteiger partial charge in [-0.05, 0) is 56.3 Å². The highest BCUT2D eigenvalue weighted by molar-refractivity contribution is 7.99. The first-order valence-electron chi connectivity index (χ1n) is 11.4. The van der Waals surface area contributed by atoms with Crippen LogP contribution in [0.1, 0.15) is 18.1 Å². The number of aromatic hydroxyl groups is 1. The van der Waals surface area contributed by atoms with E-state index in [4.69, 9.17) is 9.47 Å². The molecule has 10 heteroatoms. The second kappa shape index (κ2) is 11.6. The number of carbonyl (C=O) groups is 1. The van der Waals surface area contributed by atoms with E-state index in [1.54, 1.807) is 26.2 Å². The minimum absolute atomic E-state index is 0.0328. The Morgan fingerprint density at radius 1 is 1.03 bits per heavy atom. The fourth-order valence-corrected chi connectivity index (χ4v) is 4.24. The van der Waals surface area contributed by atoms with Crippen LogP contribution in [-0.2, 0) is 4.79 Å². The molecule has 0 radical (unpaired) electrons. The average Bonchev–Trinajstić information content (AvgIpc) is 3.35. The molecule has 0 saturated heterocycles. The number of nitrogens with one attached hydrogen (secondary N) is 1. The molecule has 0 aliphatic carbocycles. The standard InChI is InChI=1S/C27H27N5O4S/c1-17-5-7-19(8-6-17)26-30-31-27(32(26)21-10-12-22(35-3)13-11-21)37-16-25(34)29-28-18(2)20-9-14-23(33)24(15-20)36-4/h5-15,33H,16H2,1-4H3,(H,29,34)/b28-18+. The highest BCUT2D eigenvalue weighted by Crippen LogP contribution is 2.29. The van der Waals surface area contributed by atoms with Gasteiger partial charge < -0.3 is 14.6 Å². The highest BCUT2D eigenvalue weighted by atomic mass is 32.2. The van der Waals surface area contributed by atoms with Crippen molar-refractivity contribution in [3.8, 4) is 34.3 Å². The molecule has 0 fully saturated rings. The van der Waals surface area contributed by atoms with Gasteiger partial charge in [0.15, 0.2) is 22.5 Å². The Balaban J connectivity index is 1.52. The molecule has 0 aliphatic heterocycles. The Morgan fingerprint density at radius 3 is 2.43 bits per heavy atom. The fraction of sp³-hybridized carbons (Fsp3) is 0.185. The minimum Gasteiger partial charge on any atom is -0.504 e. The van der Waals surface area contributed by atoms with Crippen LogP contribution in [0.15, 0.2) is 77.0 Å². The molecule has 37 heavy (non-hydrogen) atoms. The number of amides is 1. The zero-order valence-electron chi connectivity index (χ0n) is 20.9. The summed E-state index contributed by atoms with van der Waals surface area (Å²) in [5, 5.41) is 23.3. The van der Waals surface area contributed by atoms with Gasteiger partial charge >= 0.3 is 0 Å². The number of aryl methyl sites for hydroxylation is 1. The van der Waals surface area contributed by atoms with E-state index in [1.807, 2.05) is 60.0 Å². The molecule has 0 aliphatic rings. The SMILES string of the molecule is COc1ccc(-n2c(SCC(=O)N/N=C(\C)c3ccc(O)c(OC)c3)nnc2-c2ccc(C)cc2)cc1. The van der Waals surface area contributed by atoms with Gasteiger partial charge in [0.2, 0.25) is 0 Å². The van der Waals surface area contributed by atoms with Crippen LogP contribution in [0.5, 0.6) is 17.2 Å². The van der Waals surface area contributed by atoms with Crippen molar-refractivity contribution in [1.82, 2.24) is 20.2 Å². The Hall–Kier alpha value is -4.31. The normalized spacial score (nSPS) is 11.3. The number of hydrazone groups is 1. The van der Waals surface area contributed by atoms with Crippen molar-refractivity contribution in [2.24, 2.45) is 5.10 Å². The number of thioether (sulfide) groups is 1. The van der Waals surface area contributed by atoms with E-state index in [0.717, 1.165) is 22.6 Å². The van der Waals surface area contributed by atoms with Crippen LogP contribution in [0.4, 0.5) is 0 Å². The van der Waals surface area contributed by atoms with Crippen LogP contribution in [0, 0.1) is 6.92 Å². The molecular formula is C27H27N5O4S. The van der Waals surface area contributed by atoms with E-state index in [0.29, 0.717) is 28.0 Å². The van der Waals surface area contributed by atoms with Crippen LogP contribution in [-0.4, -0.2) is 51.5 Å². The molecule has 0 bridgehead atoms. The number of hydrogen-bond donors (Lipinski definition) is 2. The first-order valence-corrected chi connectivity index (χ1v) is 12.4. The van der Waals surface area contributed by atoms with Gasteiger partial charge in [0, 0.05) is 16.8 Å². The lowest BCUT2D eigenvalue weighted by molar-refractivity contribution is -0.118. The fourth-order valence-electron chi connectivity index (χ4n) is 3.49. The van der Waals surface area contributed by atoms with Gasteiger partial charge in [-0.25, -0.2) is 5.43 Å². The van der Waals surface area contributed by atoms with Gasteiger partial charge in [-0.15, -0.1) is 10.2 Å². The number of aromatic nitrogens is 3. The van der Waals surface area contributed by atoms with Gasteiger partial charge in [0.05, 0.1) is 25.7 Å². The van der Waals surface area contributed by atoms with Gasteiger partial charge in [-0.1, -0.05) is 41.6 Å². The molecule has 0 atom stereocenters. The van der Waals surface area contributed by atoms with E-state index in [1.165, 1.54) is 24.9 Å². The molecule has 2 N–H and O–H groups in total. The van der Waals surface area contributed by atoms with Crippen molar-refractivity contribution in [3.63, 3.8) is 0 Å². The number of rotatable bonds is 9. The predicted octanol–water partition coefficient (Wildman–Crippen LogP) is 4.60. The summed E-state index contributed by atoms with van der Waals surface area (Å²) in [5.41, 5.74) is 6.76. The van der Waals surface area contributed by atoms with E-state index in [9.17, 15) is 9.90 Å². The monoisotopic (exact) mass is 517 g/mol. The number of carbonyl (C=O) groups excluding carboxylic acids is 1. The maximum Gasteiger partial charge on any atom is 0.250 e. The molecular weight excluding hydrogens is 490 g/mol. The highest BCUT2D eigenvalue weighted by Gasteiger charge is 2.17. The van der Waals surface area contributed by atoms with E-state index in [2.05, 4.69) is 20.7 Å². The Labute approximate surface area is 219 Å². The number of methoxy groups -OCH3 is 2. The maximum absolute atomic E-state index is 12.6. The lowest BCUT2D eigenvalue weighted by atomic mass is 10.1. The summed E-state index contributed by atoms with van der Waals surface area (Å²) in [7, 11) is 3.09. The van der Waals surface area contributed by atoms with E-state index < -0.39 is 0 Å². The molecule has 0 spiro atoms. The van der Waals surface area contributed by atoms with Crippen LogP contribution >= 0.6 is 11.8 Å². The minimum atomic E-state index is -0.295. The largest absolute Gasteiger partial charge is 0.504 e. The number of benzene rings is 3. The van der Waals surface area contributed by atoms with Crippen LogP contribution in [0.2, 0.25) is 0 Å². The van der Waals surface area contributed by atoms with Gasteiger partial charge in [-0.2, -0.15) is 5.10 Å². The molecule has 1 heterocycles. The maximum atomic E-state index is 12.6. The molecule has 9 nitrogen and oxygen atoms in total. The Kier molecular flexibility index (Phi) is 8.09. The van der Waals surface area contributed by atoms with Crippen molar-refractivity contribution in [3.05, 3.63) is 77.9 Å². The molecule has 0 unspecified atom stereocenters. The number of hydrogen-bond acceptors (Lipinski definition) is 8. The summed E-state index contributed by atoms with van der Waals surface area (Å²) in [4.78, 5) is 12.6. The summed E-state index contributed by atoms with van der Waals surface area (Å²) < 4.78 is 12.3. The van der Waals surface area contributed by atoms with Gasteiger partial charge in [0.1, 0.15) is 5.75 Å². The van der Waals surface area contributed by atoms with E-state index in [-0.39, 0.29) is 17.4 Å². The quantitative estimate of drug-likeness (QED) is 0.190. The summed E-state index contributed by atoms with van der Waals surface area (Å²) >= 11 is 1.26. The third-order valence-corrected chi connectivity index (χ3v) is 6.48. The lowest BCUT2D eigenvalue weighted by Crippen LogP contribution is -2.21. The predicted molar refractivity (Wildman–Crippen MR) is 144 cm³/mol. The number of nitrogens with zero attached hydrogens (tertiary/aromatic N) is 4. The van der Waals surface area contributed by atoms with Crippen molar-refractivity contribution in [2.75, 3.05) is 20.0 Å². The summed E-state index contributed by atoms with van der Waals surface area (Å²) in [6, 6.07) is 20.5. The zero-order chi connectivity index (χ0) is 26.4. The third-order valence-electron chi connectivity index (χ3n) is 5.55. The number of ether oxygens (including phenoxy) is 2. The van der Waals surface area contributed by atoms with Crippen molar-refractivity contribution >= 4 is 23.4 Å². The van der Waals surface area contributed by atoms with Crippen molar-refractivity contribution < 1.29 is 19.4 Å². The van der Waals surface area contributed by atoms with Crippen LogP contribution < -0.4 is 14.9 Å². The molecule has 3 aromatic carbocycles. The molecule has 190 valence electrons. The lowest BCUT2D eigenvalue weighted by Gasteiger charge is -2.11. The second-order valence-electron chi connectivity index (χ2n) is 8.11. The third kappa shape index (κ3) is 6.10. The molecule has 1 amide bonds. The zero-order valence-corrected chi connectivity index (χ0v) is 21.7. The number of phenolic OH excluding ortho intramolecular Hbond substituents is 1. The first-order chi connectivity index (χ1) is 17.9. The van der Waals surface area contributed by atoms with Crippen molar-refractivity contribution in [1.29, 1.82) is 0 Å². The second-order valence-corrected chi connectivity index (χ2v) is 9.06. The Bertz CT molecular complexity index is 1420. The molecule has 4 rings (SSSR count). The molecule has 1 aromatic heterocycles.